The Morgan fingerprint density at radius 3 is 2.45 bits per heavy atom. The maximum atomic E-state index is 12.5. The Hall–Kier alpha value is -2.56. The highest BCUT2D eigenvalue weighted by molar-refractivity contribution is 5.96. The molecule has 0 saturated heterocycles. The molecule has 5 heteroatoms. The van der Waals surface area contributed by atoms with Gasteiger partial charge in [0, 0.05) is 29.7 Å². The third-order valence-electron chi connectivity index (χ3n) is 2.97. The number of hydrogen-bond donors (Lipinski definition) is 2. The van der Waals surface area contributed by atoms with E-state index >= 15 is 0 Å². The Morgan fingerprint density at radius 2 is 1.90 bits per heavy atom. The molecule has 20 heavy (non-hydrogen) atoms. The Morgan fingerprint density at radius 1 is 1.20 bits per heavy atom. The van der Waals surface area contributed by atoms with E-state index in [0.717, 1.165) is 5.69 Å². The highest BCUT2D eigenvalue weighted by atomic mass is 16.2. The summed E-state index contributed by atoms with van der Waals surface area (Å²) in [6.45, 7) is 2.98. The van der Waals surface area contributed by atoms with E-state index in [9.17, 15) is 4.79 Å². The number of nitrogen functional groups attached to an aromatic ring is 2. The molecule has 0 fully saturated rings. The smallest absolute Gasteiger partial charge is 0.254 e. The maximum absolute atomic E-state index is 12.5. The minimum atomic E-state index is -0.0999. The molecule has 1 aromatic carbocycles. The first-order chi connectivity index (χ1) is 9.60. The van der Waals surface area contributed by atoms with Gasteiger partial charge in [-0.1, -0.05) is 6.07 Å². The van der Waals surface area contributed by atoms with Crippen LogP contribution in [0.25, 0.3) is 0 Å². The normalized spacial score (nSPS) is 10.2. The van der Waals surface area contributed by atoms with E-state index in [1.807, 2.05) is 25.1 Å². The van der Waals surface area contributed by atoms with Crippen LogP contribution in [0.2, 0.25) is 0 Å². The van der Waals surface area contributed by atoms with Crippen molar-refractivity contribution in [1.82, 2.24) is 9.88 Å². The summed E-state index contributed by atoms with van der Waals surface area (Å²) >= 11 is 0. The summed E-state index contributed by atoms with van der Waals surface area (Å²) in [5.41, 5.74) is 13.8. The van der Waals surface area contributed by atoms with E-state index in [4.69, 9.17) is 11.5 Å². The summed E-state index contributed by atoms with van der Waals surface area (Å²) < 4.78 is 0. The van der Waals surface area contributed by atoms with Crippen molar-refractivity contribution in [1.29, 1.82) is 0 Å². The van der Waals surface area contributed by atoms with Crippen molar-refractivity contribution in [2.75, 3.05) is 18.0 Å². The summed E-state index contributed by atoms with van der Waals surface area (Å²) in [4.78, 5) is 18.4. The predicted octanol–water partition coefficient (Wildman–Crippen LogP) is 1.91. The minimum Gasteiger partial charge on any atom is -0.399 e. The first-order valence-electron chi connectivity index (χ1n) is 6.45. The van der Waals surface area contributed by atoms with E-state index < -0.39 is 0 Å². The highest BCUT2D eigenvalue weighted by Gasteiger charge is 2.15. The van der Waals surface area contributed by atoms with Gasteiger partial charge in [-0.05, 0) is 37.3 Å². The molecule has 0 aliphatic heterocycles. The number of carbonyl (C=O) groups is 1. The summed E-state index contributed by atoms with van der Waals surface area (Å²) in [6, 6.07) is 10.5. The molecule has 1 heterocycles. The summed E-state index contributed by atoms with van der Waals surface area (Å²) in [5, 5.41) is 0. The number of hydrogen-bond acceptors (Lipinski definition) is 4. The first-order valence-corrected chi connectivity index (χ1v) is 6.45. The van der Waals surface area contributed by atoms with Crippen LogP contribution in [-0.2, 0) is 6.54 Å². The molecular weight excluding hydrogens is 252 g/mol. The number of benzene rings is 1. The van der Waals surface area contributed by atoms with Crippen molar-refractivity contribution in [3.05, 3.63) is 53.9 Å². The largest absolute Gasteiger partial charge is 0.399 e. The molecule has 5 nitrogen and oxygen atoms in total. The molecule has 1 amide bonds. The molecule has 0 unspecified atom stereocenters. The lowest BCUT2D eigenvalue weighted by molar-refractivity contribution is 0.0750. The lowest BCUT2D eigenvalue weighted by Gasteiger charge is -2.21. The second kappa shape index (κ2) is 6.06. The Labute approximate surface area is 118 Å². The van der Waals surface area contributed by atoms with Gasteiger partial charge in [-0.2, -0.15) is 0 Å². The van der Waals surface area contributed by atoms with E-state index in [1.165, 1.54) is 0 Å². The fourth-order valence-electron chi connectivity index (χ4n) is 2.00. The number of nitrogens with zero attached hydrogens (tertiary/aromatic N) is 2. The SMILES string of the molecule is CCN(Cc1ccccn1)C(=O)c1cc(N)cc(N)c1. The van der Waals surface area contributed by atoms with Crippen LogP contribution in [0, 0.1) is 0 Å². The lowest BCUT2D eigenvalue weighted by Crippen LogP contribution is -2.30. The second-order valence-electron chi connectivity index (χ2n) is 4.53. The van der Waals surface area contributed by atoms with Crippen molar-refractivity contribution in [2.45, 2.75) is 13.5 Å². The Kier molecular flexibility index (Phi) is 4.20. The summed E-state index contributed by atoms with van der Waals surface area (Å²) in [7, 11) is 0. The van der Waals surface area contributed by atoms with Gasteiger partial charge in [0.05, 0.1) is 12.2 Å². The quantitative estimate of drug-likeness (QED) is 0.831. The number of pyridine rings is 1. The third-order valence-corrected chi connectivity index (χ3v) is 2.97. The molecule has 0 aliphatic carbocycles. The van der Waals surface area contributed by atoms with Crippen molar-refractivity contribution >= 4 is 17.3 Å². The van der Waals surface area contributed by atoms with Gasteiger partial charge in [0.15, 0.2) is 0 Å². The predicted molar refractivity (Wildman–Crippen MR) is 79.9 cm³/mol. The Balaban J connectivity index is 2.20. The number of anilines is 2. The van der Waals surface area contributed by atoms with E-state index in [-0.39, 0.29) is 5.91 Å². The molecule has 2 aromatic rings. The van der Waals surface area contributed by atoms with E-state index in [0.29, 0.717) is 30.0 Å². The van der Waals surface area contributed by atoms with Crippen molar-refractivity contribution in [2.24, 2.45) is 0 Å². The van der Waals surface area contributed by atoms with Gasteiger partial charge in [0.25, 0.3) is 5.91 Å². The summed E-state index contributed by atoms with van der Waals surface area (Å²) in [6.07, 6.45) is 1.71. The molecule has 0 bridgehead atoms. The molecule has 2 rings (SSSR count). The standard InChI is InChI=1S/C15H18N4O/c1-2-19(10-14-5-3-4-6-18-14)15(20)11-7-12(16)9-13(17)8-11/h3-9H,2,10,16-17H2,1H3. The molecule has 0 radical (unpaired) electrons. The van der Waals surface area contributed by atoms with Crippen LogP contribution >= 0.6 is 0 Å². The van der Waals surface area contributed by atoms with Crippen LogP contribution in [0.4, 0.5) is 11.4 Å². The Bertz CT molecular complexity index is 578. The van der Waals surface area contributed by atoms with Crippen LogP contribution in [0.5, 0.6) is 0 Å². The monoisotopic (exact) mass is 270 g/mol. The molecule has 4 N–H and O–H groups in total. The number of carbonyl (C=O) groups excluding carboxylic acids is 1. The molecule has 104 valence electrons. The van der Waals surface area contributed by atoms with Gasteiger partial charge >= 0.3 is 0 Å². The number of aromatic nitrogens is 1. The highest BCUT2D eigenvalue weighted by Crippen LogP contribution is 2.16. The maximum Gasteiger partial charge on any atom is 0.254 e. The van der Waals surface area contributed by atoms with Crippen molar-refractivity contribution in [3.8, 4) is 0 Å². The molecular formula is C15H18N4O. The topological polar surface area (TPSA) is 85.2 Å². The van der Waals surface area contributed by atoms with Gasteiger partial charge < -0.3 is 16.4 Å². The first kappa shape index (κ1) is 13.9. The number of nitrogens with two attached hydrogens (primary N) is 2. The molecule has 0 aliphatic rings. The molecule has 0 spiro atoms. The van der Waals surface area contributed by atoms with Gasteiger partial charge in [-0.25, -0.2) is 0 Å². The molecule has 0 saturated carbocycles. The minimum absolute atomic E-state index is 0.0999. The van der Waals surface area contributed by atoms with Gasteiger partial charge in [-0.15, -0.1) is 0 Å². The number of rotatable bonds is 4. The van der Waals surface area contributed by atoms with Gasteiger partial charge in [-0.3, -0.25) is 9.78 Å². The van der Waals surface area contributed by atoms with Gasteiger partial charge in [0.1, 0.15) is 0 Å². The zero-order valence-electron chi connectivity index (χ0n) is 11.4. The lowest BCUT2D eigenvalue weighted by atomic mass is 10.1. The summed E-state index contributed by atoms with van der Waals surface area (Å²) in [5.74, 6) is -0.0999. The zero-order valence-corrected chi connectivity index (χ0v) is 11.4. The van der Waals surface area contributed by atoms with Crippen LogP contribution in [0.1, 0.15) is 23.0 Å². The fourth-order valence-corrected chi connectivity index (χ4v) is 2.00. The zero-order chi connectivity index (χ0) is 14.5. The third kappa shape index (κ3) is 3.26. The van der Waals surface area contributed by atoms with Crippen molar-refractivity contribution in [3.63, 3.8) is 0 Å². The van der Waals surface area contributed by atoms with Crippen LogP contribution in [0.15, 0.2) is 42.6 Å². The fraction of sp³-hybridized carbons (Fsp3) is 0.200. The van der Waals surface area contributed by atoms with E-state index in [1.54, 1.807) is 29.3 Å². The van der Waals surface area contributed by atoms with Gasteiger partial charge in [0.2, 0.25) is 0 Å². The van der Waals surface area contributed by atoms with E-state index in [2.05, 4.69) is 4.98 Å². The van der Waals surface area contributed by atoms with Crippen LogP contribution in [0.3, 0.4) is 0 Å². The number of amides is 1. The average molecular weight is 270 g/mol. The second-order valence-corrected chi connectivity index (χ2v) is 4.53. The van der Waals surface area contributed by atoms with Crippen LogP contribution < -0.4 is 11.5 Å². The molecule has 0 atom stereocenters. The average Bonchev–Trinajstić information content (AvgIpc) is 2.44. The molecule has 1 aromatic heterocycles. The van der Waals surface area contributed by atoms with Crippen LogP contribution in [-0.4, -0.2) is 22.3 Å². The van der Waals surface area contributed by atoms with Crippen molar-refractivity contribution < 1.29 is 4.79 Å².